The number of hydrogen-bond donors (Lipinski definition) is 0. The van der Waals surface area contributed by atoms with Gasteiger partial charge in [-0.1, -0.05) is 0 Å². The molecule has 0 bridgehead atoms. The summed E-state index contributed by atoms with van der Waals surface area (Å²) in [6.45, 7) is 1.72. The first-order chi connectivity index (χ1) is 5.66. The molecule has 64 valence electrons. The maximum atomic E-state index is 11.1. The first kappa shape index (κ1) is 9.12. The Morgan fingerprint density at radius 3 is 2.75 bits per heavy atom. The van der Waals surface area contributed by atoms with E-state index in [0.717, 1.165) is 0 Å². The standard InChI is InChI=1S/C7H7BrN2O2/c1-4-5(7(11)12-2)6(8)10-3-9-4/h3H,1-2H3. The van der Waals surface area contributed by atoms with E-state index < -0.39 is 5.97 Å². The zero-order valence-electron chi connectivity index (χ0n) is 6.67. The first-order valence-corrected chi connectivity index (χ1v) is 4.01. The minimum atomic E-state index is -0.431. The number of aromatic nitrogens is 2. The number of esters is 1. The predicted molar refractivity (Wildman–Crippen MR) is 45.8 cm³/mol. The molecule has 5 heteroatoms. The van der Waals surface area contributed by atoms with Crippen LogP contribution in [0.1, 0.15) is 16.1 Å². The summed E-state index contributed by atoms with van der Waals surface area (Å²) >= 11 is 3.14. The molecule has 0 radical (unpaired) electrons. The molecule has 0 atom stereocenters. The molecule has 0 N–H and O–H groups in total. The minimum Gasteiger partial charge on any atom is -0.465 e. The van der Waals surface area contributed by atoms with Crippen LogP contribution in [-0.4, -0.2) is 23.0 Å². The highest BCUT2D eigenvalue weighted by molar-refractivity contribution is 9.10. The van der Waals surface area contributed by atoms with E-state index in [2.05, 4.69) is 30.6 Å². The average molecular weight is 231 g/mol. The molecule has 0 aliphatic carbocycles. The molecule has 1 aromatic heterocycles. The lowest BCUT2D eigenvalue weighted by Gasteiger charge is -2.02. The van der Waals surface area contributed by atoms with Crippen molar-refractivity contribution in [3.8, 4) is 0 Å². The zero-order valence-corrected chi connectivity index (χ0v) is 8.25. The lowest BCUT2D eigenvalue weighted by Crippen LogP contribution is -2.07. The van der Waals surface area contributed by atoms with Crippen molar-refractivity contribution in [3.63, 3.8) is 0 Å². The number of carbonyl (C=O) groups is 1. The van der Waals surface area contributed by atoms with Crippen LogP contribution < -0.4 is 0 Å². The van der Waals surface area contributed by atoms with Gasteiger partial charge in [0, 0.05) is 0 Å². The van der Waals surface area contributed by atoms with Crippen LogP contribution in [0.25, 0.3) is 0 Å². The lowest BCUT2D eigenvalue weighted by molar-refractivity contribution is 0.0597. The maximum Gasteiger partial charge on any atom is 0.342 e. The Morgan fingerprint density at radius 1 is 1.58 bits per heavy atom. The van der Waals surface area contributed by atoms with Gasteiger partial charge in [-0.15, -0.1) is 0 Å². The van der Waals surface area contributed by atoms with Crippen molar-refractivity contribution in [2.75, 3.05) is 7.11 Å². The van der Waals surface area contributed by atoms with E-state index in [1.165, 1.54) is 13.4 Å². The van der Waals surface area contributed by atoms with Gasteiger partial charge in [0.05, 0.1) is 12.8 Å². The van der Waals surface area contributed by atoms with E-state index >= 15 is 0 Å². The fourth-order valence-electron chi connectivity index (χ4n) is 0.779. The van der Waals surface area contributed by atoms with Crippen LogP contribution in [0.2, 0.25) is 0 Å². The summed E-state index contributed by atoms with van der Waals surface area (Å²) in [4.78, 5) is 18.8. The first-order valence-electron chi connectivity index (χ1n) is 3.22. The Hall–Kier alpha value is -0.970. The maximum absolute atomic E-state index is 11.1. The molecule has 1 rings (SSSR count). The number of aryl methyl sites for hydroxylation is 1. The summed E-state index contributed by atoms with van der Waals surface area (Å²) in [5.41, 5.74) is 0.976. The summed E-state index contributed by atoms with van der Waals surface area (Å²) < 4.78 is 5.01. The van der Waals surface area contributed by atoms with Crippen LogP contribution in [0.4, 0.5) is 0 Å². The van der Waals surface area contributed by atoms with Crippen molar-refractivity contribution in [2.24, 2.45) is 0 Å². The van der Waals surface area contributed by atoms with Crippen molar-refractivity contribution in [1.82, 2.24) is 9.97 Å². The van der Waals surface area contributed by atoms with Crippen molar-refractivity contribution >= 4 is 21.9 Å². The minimum absolute atomic E-state index is 0.375. The quantitative estimate of drug-likeness (QED) is 0.540. The molecular formula is C7H7BrN2O2. The van der Waals surface area contributed by atoms with Crippen LogP contribution in [0, 0.1) is 6.92 Å². The number of carbonyl (C=O) groups excluding carboxylic acids is 1. The second-order valence-corrected chi connectivity index (χ2v) is 2.87. The van der Waals surface area contributed by atoms with Gasteiger partial charge in [-0.25, -0.2) is 14.8 Å². The van der Waals surface area contributed by atoms with Crippen molar-refractivity contribution in [3.05, 3.63) is 22.2 Å². The van der Waals surface area contributed by atoms with Crippen molar-refractivity contribution in [1.29, 1.82) is 0 Å². The SMILES string of the molecule is COC(=O)c1c(C)ncnc1Br. The van der Waals surface area contributed by atoms with Gasteiger partial charge in [0.15, 0.2) is 0 Å². The zero-order chi connectivity index (χ0) is 9.14. The van der Waals surface area contributed by atoms with Gasteiger partial charge >= 0.3 is 5.97 Å². The molecule has 0 saturated heterocycles. The van der Waals surface area contributed by atoms with Crippen LogP contribution >= 0.6 is 15.9 Å². The van der Waals surface area contributed by atoms with Gasteiger partial charge in [0.25, 0.3) is 0 Å². The molecule has 0 aliphatic rings. The molecule has 4 nitrogen and oxygen atoms in total. The Bertz CT molecular complexity index is 294. The Kier molecular flexibility index (Phi) is 2.75. The second-order valence-electron chi connectivity index (χ2n) is 2.12. The molecule has 1 heterocycles. The molecule has 0 saturated carbocycles. The fourth-order valence-corrected chi connectivity index (χ4v) is 1.32. The molecule has 0 spiro atoms. The topological polar surface area (TPSA) is 52.1 Å². The van der Waals surface area contributed by atoms with Crippen LogP contribution in [-0.2, 0) is 4.74 Å². The Labute approximate surface area is 78.1 Å². The normalized spacial score (nSPS) is 9.58. The summed E-state index contributed by atoms with van der Waals surface area (Å²) in [5.74, 6) is -0.431. The fraction of sp³-hybridized carbons (Fsp3) is 0.286. The number of ether oxygens (including phenoxy) is 1. The lowest BCUT2D eigenvalue weighted by atomic mass is 10.2. The molecule has 0 aliphatic heterocycles. The third-order valence-corrected chi connectivity index (χ3v) is 1.98. The summed E-state index contributed by atoms with van der Waals surface area (Å²) in [5, 5.41) is 0. The molecule has 0 amide bonds. The van der Waals surface area contributed by atoms with E-state index in [0.29, 0.717) is 15.9 Å². The Morgan fingerprint density at radius 2 is 2.25 bits per heavy atom. The van der Waals surface area contributed by atoms with Crippen molar-refractivity contribution in [2.45, 2.75) is 6.92 Å². The third kappa shape index (κ3) is 1.61. The highest BCUT2D eigenvalue weighted by atomic mass is 79.9. The largest absolute Gasteiger partial charge is 0.465 e. The van der Waals surface area contributed by atoms with Gasteiger partial charge in [-0.2, -0.15) is 0 Å². The number of hydrogen-bond acceptors (Lipinski definition) is 4. The number of halogens is 1. The van der Waals surface area contributed by atoms with E-state index in [9.17, 15) is 4.79 Å². The van der Waals surface area contributed by atoms with E-state index in [1.54, 1.807) is 6.92 Å². The molecule has 12 heavy (non-hydrogen) atoms. The van der Waals surface area contributed by atoms with E-state index in [-0.39, 0.29) is 0 Å². The van der Waals surface area contributed by atoms with Gasteiger partial charge in [0.2, 0.25) is 0 Å². The highest BCUT2D eigenvalue weighted by Gasteiger charge is 2.14. The smallest absolute Gasteiger partial charge is 0.342 e. The van der Waals surface area contributed by atoms with Crippen molar-refractivity contribution < 1.29 is 9.53 Å². The number of nitrogens with zero attached hydrogens (tertiary/aromatic N) is 2. The summed E-state index contributed by atoms with van der Waals surface area (Å²) in [6, 6.07) is 0. The second kappa shape index (κ2) is 3.62. The van der Waals surface area contributed by atoms with Crippen LogP contribution in [0.3, 0.4) is 0 Å². The number of rotatable bonds is 1. The third-order valence-electron chi connectivity index (χ3n) is 1.38. The predicted octanol–water partition coefficient (Wildman–Crippen LogP) is 1.33. The van der Waals surface area contributed by atoms with E-state index in [4.69, 9.17) is 0 Å². The number of methoxy groups -OCH3 is 1. The van der Waals surface area contributed by atoms with E-state index in [1.807, 2.05) is 0 Å². The highest BCUT2D eigenvalue weighted by Crippen LogP contribution is 2.15. The molecule has 0 unspecified atom stereocenters. The molecule has 0 fully saturated rings. The molecule has 1 aromatic rings. The van der Waals surface area contributed by atoms with Crippen LogP contribution in [0.15, 0.2) is 10.9 Å². The summed E-state index contributed by atoms with van der Waals surface area (Å²) in [7, 11) is 1.32. The summed E-state index contributed by atoms with van der Waals surface area (Å²) in [6.07, 6.45) is 1.38. The van der Waals surface area contributed by atoms with Gasteiger partial charge in [-0.05, 0) is 22.9 Å². The van der Waals surface area contributed by atoms with Gasteiger partial charge in [-0.3, -0.25) is 0 Å². The monoisotopic (exact) mass is 230 g/mol. The van der Waals surface area contributed by atoms with Crippen LogP contribution in [0.5, 0.6) is 0 Å². The van der Waals surface area contributed by atoms with Gasteiger partial charge in [0.1, 0.15) is 16.5 Å². The molecule has 0 aromatic carbocycles. The molecular weight excluding hydrogens is 224 g/mol. The average Bonchev–Trinajstić information content (AvgIpc) is 2.03. The Balaban J connectivity index is 3.21. The van der Waals surface area contributed by atoms with Gasteiger partial charge < -0.3 is 4.74 Å².